The zero-order chi connectivity index (χ0) is 28.8. The summed E-state index contributed by atoms with van der Waals surface area (Å²) in [5, 5.41) is 20.2. The Kier molecular flexibility index (Phi) is 6.30. The summed E-state index contributed by atoms with van der Waals surface area (Å²) in [6.45, 7) is 16.4. The first-order valence-electron chi connectivity index (χ1n) is 15.7. The molecule has 0 aromatic heterocycles. The van der Waals surface area contributed by atoms with E-state index in [1.807, 2.05) is 12.1 Å². The molecule has 2 N–H and O–H groups in total. The molecular formula is C36H48O4. The maximum Gasteiger partial charge on any atom is 0.335 e. The van der Waals surface area contributed by atoms with Gasteiger partial charge in [0.05, 0.1) is 11.0 Å². The van der Waals surface area contributed by atoms with Crippen molar-refractivity contribution >= 4 is 17.5 Å². The van der Waals surface area contributed by atoms with Crippen LogP contribution in [0.25, 0.3) is 5.57 Å². The van der Waals surface area contributed by atoms with Crippen molar-refractivity contribution in [2.24, 2.45) is 57.2 Å². The Morgan fingerprint density at radius 3 is 2.25 bits per heavy atom. The van der Waals surface area contributed by atoms with Crippen molar-refractivity contribution in [1.82, 2.24) is 0 Å². The molecule has 4 nitrogen and oxygen atoms in total. The minimum atomic E-state index is -0.872. The third-order valence-electron chi connectivity index (χ3n) is 13.9. The lowest BCUT2D eigenvalue weighted by molar-refractivity contribution is -0.208. The van der Waals surface area contributed by atoms with E-state index >= 15 is 0 Å². The van der Waals surface area contributed by atoms with Crippen molar-refractivity contribution in [3.8, 4) is 0 Å². The molecule has 5 aliphatic carbocycles. The molecule has 40 heavy (non-hydrogen) atoms. The van der Waals surface area contributed by atoms with Gasteiger partial charge in [-0.25, -0.2) is 4.79 Å². The van der Waals surface area contributed by atoms with E-state index in [1.54, 1.807) is 6.07 Å². The number of aromatic carboxylic acids is 1. The van der Waals surface area contributed by atoms with Crippen LogP contribution in [0, 0.1) is 57.2 Å². The van der Waals surface area contributed by atoms with Crippen LogP contribution in [0.4, 0.5) is 0 Å². The molecule has 0 saturated heterocycles. The SMILES string of the molecule is C=C(C)C1CCC2(C(=O)O)CCC3(C)C(CCC4C5CC=C(c6cccc(C(=O)O)c6)C(C)(C)C5CCC43C)C12. The largest absolute Gasteiger partial charge is 0.481 e. The normalized spacial score (nSPS) is 43.4. The molecule has 6 rings (SSSR count). The van der Waals surface area contributed by atoms with Crippen LogP contribution in [-0.2, 0) is 4.79 Å². The van der Waals surface area contributed by atoms with E-state index in [2.05, 4.69) is 53.3 Å². The minimum Gasteiger partial charge on any atom is -0.481 e. The average molecular weight is 545 g/mol. The van der Waals surface area contributed by atoms with Crippen molar-refractivity contribution in [2.45, 2.75) is 92.4 Å². The zero-order valence-corrected chi connectivity index (χ0v) is 25.1. The number of hydrogen-bond donors (Lipinski definition) is 2. The molecule has 0 radical (unpaired) electrons. The second kappa shape index (κ2) is 9.07. The summed E-state index contributed by atoms with van der Waals surface area (Å²) in [5.41, 5.74) is 3.65. The van der Waals surface area contributed by atoms with E-state index in [0.29, 0.717) is 35.2 Å². The van der Waals surface area contributed by atoms with Crippen molar-refractivity contribution in [2.75, 3.05) is 0 Å². The monoisotopic (exact) mass is 544 g/mol. The van der Waals surface area contributed by atoms with Gasteiger partial charge in [-0.05, 0) is 140 Å². The number of hydrogen-bond acceptors (Lipinski definition) is 2. The maximum absolute atomic E-state index is 12.9. The number of rotatable bonds is 4. The molecule has 0 heterocycles. The van der Waals surface area contributed by atoms with Gasteiger partial charge < -0.3 is 10.2 Å². The summed E-state index contributed by atoms with van der Waals surface area (Å²) in [4.78, 5) is 24.6. The standard InChI is InChI=1S/C36H48O4/c1-21(2)24-14-17-36(32(39)40)19-18-35(6)29(30(24)36)13-12-28-25-10-11-26(22-8-7-9-23(20-22)31(37)38)33(3,4)27(25)15-16-34(28,35)5/h7-9,11,20,24-25,27-30H,1,10,12-19H2,2-6H3,(H,37,38)(H,39,40). The highest BCUT2D eigenvalue weighted by atomic mass is 16.4. The third kappa shape index (κ3) is 3.56. The van der Waals surface area contributed by atoms with Gasteiger partial charge in [0.25, 0.3) is 0 Å². The van der Waals surface area contributed by atoms with Gasteiger partial charge in [-0.1, -0.05) is 58.1 Å². The molecule has 1 aromatic carbocycles. The van der Waals surface area contributed by atoms with Gasteiger partial charge >= 0.3 is 11.9 Å². The zero-order valence-electron chi connectivity index (χ0n) is 25.1. The Hall–Kier alpha value is -2.36. The highest BCUT2D eigenvalue weighted by Gasteiger charge is 2.69. The highest BCUT2D eigenvalue weighted by Crippen LogP contribution is 2.75. The fourth-order valence-electron chi connectivity index (χ4n) is 11.7. The first-order chi connectivity index (χ1) is 18.8. The first kappa shape index (κ1) is 27.8. The second-order valence-electron chi connectivity index (χ2n) is 15.4. The van der Waals surface area contributed by atoms with Gasteiger partial charge in [0.2, 0.25) is 0 Å². The van der Waals surface area contributed by atoms with Crippen LogP contribution >= 0.6 is 0 Å². The highest BCUT2D eigenvalue weighted by molar-refractivity contribution is 5.89. The number of benzene rings is 1. The molecular weight excluding hydrogens is 496 g/mol. The average Bonchev–Trinajstić information content (AvgIpc) is 3.30. The third-order valence-corrected chi connectivity index (χ3v) is 13.9. The Morgan fingerprint density at radius 1 is 0.875 bits per heavy atom. The molecule has 0 amide bonds. The van der Waals surface area contributed by atoms with E-state index in [-0.39, 0.29) is 22.2 Å². The maximum atomic E-state index is 12.9. The molecule has 5 aliphatic rings. The quantitative estimate of drug-likeness (QED) is 0.372. The van der Waals surface area contributed by atoms with E-state index in [1.165, 1.54) is 30.4 Å². The predicted octanol–water partition coefficient (Wildman–Crippen LogP) is 8.73. The number of allylic oxidation sites excluding steroid dienone is 3. The summed E-state index contributed by atoms with van der Waals surface area (Å²) in [6.07, 6.45) is 11.8. The molecule has 9 unspecified atom stereocenters. The fraction of sp³-hybridized carbons (Fsp3) is 0.667. The van der Waals surface area contributed by atoms with Gasteiger partial charge in [0, 0.05) is 0 Å². The number of carbonyl (C=O) groups is 2. The number of aliphatic carboxylic acids is 1. The lowest BCUT2D eigenvalue weighted by Gasteiger charge is -2.69. The minimum absolute atomic E-state index is 0.0271. The van der Waals surface area contributed by atoms with E-state index in [9.17, 15) is 19.8 Å². The Bertz CT molecular complexity index is 1290. The molecule has 9 atom stereocenters. The molecule has 216 valence electrons. The van der Waals surface area contributed by atoms with Crippen LogP contribution in [0.15, 0.2) is 42.5 Å². The predicted molar refractivity (Wildman–Crippen MR) is 159 cm³/mol. The number of fused-ring (bicyclic) bond motifs is 7. The van der Waals surface area contributed by atoms with Gasteiger partial charge in [-0.15, -0.1) is 0 Å². The first-order valence-corrected chi connectivity index (χ1v) is 15.7. The van der Waals surface area contributed by atoms with E-state index in [0.717, 1.165) is 44.1 Å². The molecule has 4 heteroatoms. The van der Waals surface area contributed by atoms with Crippen molar-refractivity contribution in [1.29, 1.82) is 0 Å². The van der Waals surface area contributed by atoms with Crippen LogP contribution < -0.4 is 0 Å². The summed E-state index contributed by atoms with van der Waals surface area (Å²) in [7, 11) is 0. The smallest absolute Gasteiger partial charge is 0.335 e. The molecule has 1 aromatic rings. The Labute approximate surface area is 240 Å². The fourth-order valence-corrected chi connectivity index (χ4v) is 11.7. The van der Waals surface area contributed by atoms with Crippen molar-refractivity contribution in [3.05, 3.63) is 53.6 Å². The number of carboxylic acids is 2. The molecule has 0 aliphatic heterocycles. The van der Waals surface area contributed by atoms with Gasteiger partial charge in [0.1, 0.15) is 0 Å². The second-order valence-corrected chi connectivity index (χ2v) is 15.4. The summed E-state index contributed by atoms with van der Waals surface area (Å²) in [6, 6.07) is 7.49. The van der Waals surface area contributed by atoms with E-state index in [4.69, 9.17) is 0 Å². The van der Waals surface area contributed by atoms with Crippen LogP contribution in [-0.4, -0.2) is 22.2 Å². The van der Waals surface area contributed by atoms with Crippen molar-refractivity contribution < 1.29 is 19.8 Å². The lowest BCUT2D eigenvalue weighted by Crippen LogP contribution is -2.63. The van der Waals surface area contributed by atoms with E-state index < -0.39 is 17.4 Å². The van der Waals surface area contributed by atoms with Crippen LogP contribution in [0.5, 0.6) is 0 Å². The van der Waals surface area contributed by atoms with Crippen LogP contribution in [0.3, 0.4) is 0 Å². The molecule has 0 bridgehead atoms. The topological polar surface area (TPSA) is 74.6 Å². The van der Waals surface area contributed by atoms with Gasteiger partial charge in [0.15, 0.2) is 0 Å². The van der Waals surface area contributed by atoms with Crippen molar-refractivity contribution in [3.63, 3.8) is 0 Å². The molecule has 0 spiro atoms. The number of carboxylic acid groups (broad SMARTS) is 2. The van der Waals surface area contributed by atoms with Crippen LogP contribution in [0.1, 0.15) is 108 Å². The Balaban J connectivity index is 1.35. The molecule has 4 fully saturated rings. The summed E-state index contributed by atoms with van der Waals surface area (Å²) in [5.74, 6) is 1.38. The summed E-state index contributed by atoms with van der Waals surface area (Å²) >= 11 is 0. The van der Waals surface area contributed by atoms with Gasteiger partial charge in [-0.3, -0.25) is 4.79 Å². The molecule has 4 saturated carbocycles. The lowest BCUT2D eigenvalue weighted by atomic mass is 9.35. The Morgan fingerprint density at radius 2 is 1.57 bits per heavy atom. The van der Waals surface area contributed by atoms with Gasteiger partial charge in [-0.2, -0.15) is 0 Å². The summed E-state index contributed by atoms with van der Waals surface area (Å²) < 4.78 is 0. The van der Waals surface area contributed by atoms with Crippen LogP contribution in [0.2, 0.25) is 0 Å².